The van der Waals surface area contributed by atoms with Crippen molar-refractivity contribution in [3.8, 4) is 0 Å². The van der Waals surface area contributed by atoms with Crippen molar-refractivity contribution in [2.24, 2.45) is 5.92 Å². The summed E-state index contributed by atoms with van der Waals surface area (Å²) in [7, 11) is 0. The van der Waals surface area contributed by atoms with E-state index in [1.54, 1.807) is 0 Å². The van der Waals surface area contributed by atoms with E-state index in [4.69, 9.17) is 0 Å². The number of hydrogen-bond acceptors (Lipinski definition) is 2. The zero-order valence-electron chi connectivity index (χ0n) is 14.3. The van der Waals surface area contributed by atoms with Gasteiger partial charge in [-0.05, 0) is 51.5 Å². The summed E-state index contributed by atoms with van der Waals surface area (Å²) in [4.78, 5) is 14.3. The molecule has 1 N–H and O–H groups in total. The molecule has 0 saturated carbocycles. The molecule has 122 valence electrons. The predicted molar refractivity (Wildman–Crippen MR) is 91.8 cm³/mol. The molecule has 1 aliphatic rings. The van der Waals surface area contributed by atoms with Crippen LogP contribution >= 0.6 is 0 Å². The number of nitrogens with one attached hydrogen (secondary N) is 1. The summed E-state index contributed by atoms with van der Waals surface area (Å²) >= 11 is 0. The van der Waals surface area contributed by atoms with Crippen molar-refractivity contribution in [1.29, 1.82) is 0 Å². The number of rotatable bonds is 5. The highest BCUT2D eigenvalue weighted by molar-refractivity contribution is 5.76. The molecule has 2 rings (SSSR count). The van der Waals surface area contributed by atoms with Gasteiger partial charge in [0.25, 0.3) is 0 Å². The number of carbonyl (C=O) groups excluding carboxylic acids is 1. The summed E-state index contributed by atoms with van der Waals surface area (Å²) in [6.45, 7) is 9.01. The summed E-state index contributed by atoms with van der Waals surface area (Å²) in [6.07, 6.45) is 4.02. The minimum Gasteiger partial charge on any atom is -0.343 e. The van der Waals surface area contributed by atoms with Gasteiger partial charge in [0.15, 0.2) is 0 Å². The molecule has 3 nitrogen and oxygen atoms in total. The van der Waals surface area contributed by atoms with Crippen LogP contribution < -0.4 is 5.32 Å². The van der Waals surface area contributed by atoms with Crippen LogP contribution in [0, 0.1) is 5.92 Å². The second-order valence-corrected chi connectivity index (χ2v) is 7.44. The van der Waals surface area contributed by atoms with E-state index in [1.165, 1.54) is 5.56 Å². The van der Waals surface area contributed by atoms with E-state index >= 15 is 0 Å². The maximum absolute atomic E-state index is 12.2. The number of amides is 1. The van der Waals surface area contributed by atoms with Crippen LogP contribution in [0.15, 0.2) is 30.3 Å². The molecule has 22 heavy (non-hydrogen) atoms. The predicted octanol–water partition coefficient (Wildman–Crippen LogP) is 3.25. The van der Waals surface area contributed by atoms with Gasteiger partial charge in [0.1, 0.15) is 0 Å². The van der Waals surface area contributed by atoms with Crippen molar-refractivity contribution in [2.75, 3.05) is 19.6 Å². The summed E-state index contributed by atoms with van der Waals surface area (Å²) in [5.74, 6) is 1.02. The first kappa shape index (κ1) is 17.0. The van der Waals surface area contributed by atoms with E-state index in [2.05, 4.69) is 56.4 Å². The summed E-state index contributed by atoms with van der Waals surface area (Å²) in [5, 5.41) is 3.39. The lowest BCUT2D eigenvalue weighted by atomic mass is 9.90. The molecule has 0 unspecified atom stereocenters. The summed E-state index contributed by atoms with van der Waals surface area (Å²) in [6, 6.07) is 10.7. The molecule has 1 heterocycles. The van der Waals surface area contributed by atoms with Gasteiger partial charge in [0.2, 0.25) is 5.91 Å². The first-order valence-corrected chi connectivity index (χ1v) is 8.51. The van der Waals surface area contributed by atoms with E-state index < -0.39 is 0 Å². The Morgan fingerprint density at radius 1 is 1.18 bits per heavy atom. The zero-order chi connectivity index (χ0) is 16.0. The van der Waals surface area contributed by atoms with E-state index in [-0.39, 0.29) is 5.54 Å². The van der Waals surface area contributed by atoms with Crippen molar-refractivity contribution in [3.63, 3.8) is 0 Å². The molecule has 1 aromatic rings. The van der Waals surface area contributed by atoms with Gasteiger partial charge in [-0.2, -0.15) is 0 Å². The van der Waals surface area contributed by atoms with Crippen molar-refractivity contribution in [2.45, 2.75) is 52.0 Å². The Balaban J connectivity index is 1.69. The molecule has 0 spiro atoms. The SMILES string of the molecule is CC(C)(C)NCCC(=O)N1CCC(Cc2ccccc2)CC1. The molecule has 0 atom stereocenters. The van der Waals surface area contributed by atoms with Crippen LogP contribution in [-0.4, -0.2) is 36.0 Å². The topological polar surface area (TPSA) is 32.3 Å². The van der Waals surface area contributed by atoms with Gasteiger partial charge in [-0.25, -0.2) is 0 Å². The Morgan fingerprint density at radius 3 is 2.41 bits per heavy atom. The minimum absolute atomic E-state index is 0.0863. The third-order valence-electron chi connectivity index (χ3n) is 4.33. The number of carbonyl (C=O) groups is 1. The van der Waals surface area contributed by atoms with Crippen LogP contribution in [0.2, 0.25) is 0 Å². The van der Waals surface area contributed by atoms with E-state index in [1.807, 2.05) is 4.90 Å². The third kappa shape index (κ3) is 5.80. The lowest BCUT2D eigenvalue weighted by Gasteiger charge is -2.32. The lowest BCUT2D eigenvalue weighted by molar-refractivity contribution is -0.132. The molecule has 0 aliphatic carbocycles. The normalized spacial score (nSPS) is 16.8. The number of piperidine rings is 1. The Kier molecular flexibility index (Phi) is 6.01. The van der Waals surface area contributed by atoms with E-state index in [0.29, 0.717) is 12.3 Å². The van der Waals surface area contributed by atoms with Crippen molar-refractivity contribution in [3.05, 3.63) is 35.9 Å². The average Bonchev–Trinajstić information content (AvgIpc) is 2.47. The molecular formula is C19H30N2O. The minimum atomic E-state index is 0.0863. The second-order valence-electron chi connectivity index (χ2n) is 7.44. The molecule has 3 heteroatoms. The number of nitrogens with zero attached hydrogens (tertiary/aromatic N) is 1. The van der Waals surface area contributed by atoms with Crippen LogP contribution in [0.1, 0.15) is 45.6 Å². The Morgan fingerprint density at radius 2 is 1.82 bits per heavy atom. The summed E-state index contributed by atoms with van der Waals surface area (Å²) < 4.78 is 0. The maximum Gasteiger partial charge on any atom is 0.223 e. The lowest BCUT2D eigenvalue weighted by Crippen LogP contribution is -2.42. The molecular weight excluding hydrogens is 272 g/mol. The Hall–Kier alpha value is -1.35. The molecule has 1 fully saturated rings. The number of benzene rings is 1. The average molecular weight is 302 g/mol. The first-order chi connectivity index (χ1) is 10.4. The van der Waals surface area contributed by atoms with Gasteiger partial charge in [0.05, 0.1) is 0 Å². The van der Waals surface area contributed by atoms with Gasteiger partial charge >= 0.3 is 0 Å². The summed E-state index contributed by atoms with van der Waals surface area (Å²) in [5.41, 5.74) is 1.50. The molecule has 0 aromatic heterocycles. The molecule has 0 bridgehead atoms. The Bertz CT molecular complexity index is 456. The van der Waals surface area contributed by atoms with Gasteiger partial charge < -0.3 is 10.2 Å². The largest absolute Gasteiger partial charge is 0.343 e. The van der Waals surface area contributed by atoms with Crippen LogP contribution in [0.4, 0.5) is 0 Å². The fourth-order valence-electron chi connectivity index (χ4n) is 3.04. The molecule has 1 saturated heterocycles. The van der Waals surface area contributed by atoms with E-state index in [0.717, 1.165) is 44.8 Å². The number of hydrogen-bond donors (Lipinski definition) is 1. The maximum atomic E-state index is 12.2. The first-order valence-electron chi connectivity index (χ1n) is 8.51. The smallest absolute Gasteiger partial charge is 0.223 e. The molecule has 1 aromatic carbocycles. The van der Waals surface area contributed by atoms with Crippen LogP contribution in [0.5, 0.6) is 0 Å². The highest BCUT2D eigenvalue weighted by atomic mass is 16.2. The van der Waals surface area contributed by atoms with Crippen LogP contribution in [-0.2, 0) is 11.2 Å². The standard InChI is InChI=1S/C19H30N2O/c1-19(2,3)20-12-9-18(22)21-13-10-17(11-14-21)15-16-7-5-4-6-8-16/h4-8,17,20H,9-15H2,1-3H3. The zero-order valence-corrected chi connectivity index (χ0v) is 14.3. The fraction of sp³-hybridized carbons (Fsp3) is 0.632. The van der Waals surface area contributed by atoms with Gasteiger partial charge in [-0.1, -0.05) is 30.3 Å². The van der Waals surface area contributed by atoms with Gasteiger partial charge in [0, 0.05) is 31.6 Å². The fourth-order valence-corrected chi connectivity index (χ4v) is 3.04. The molecule has 1 aliphatic heterocycles. The third-order valence-corrected chi connectivity index (χ3v) is 4.33. The highest BCUT2D eigenvalue weighted by Gasteiger charge is 2.22. The molecule has 0 radical (unpaired) electrons. The van der Waals surface area contributed by atoms with Crippen LogP contribution in [0.25, 0.3) is 0 Å². The molecule has 1 amide bonds. The number of likely N-dealkylation sites (tertiary alicyclic amines) is 1. The van der Waals surface area contributed by atoms with Crippen molar-refractivity contribution < 1.29 is 4.79 Å². The van der Waals surface area contributed by atoms with Crippen molar-refractivity contribution >= 4 is 5.91 Å². The van der Waals surface area contributed by atoms with Crippen LogP contribution in [0.3, 0.4) is 0 Å². The monoisotopic (exact) mass is 302 g/mol. The van der Waals surface area contributed by atoms with Gasteiger partial charge in [-0.15, -0.1) is 0 Å². The van der Waals surface area contributed by atoms with Gasteiger partial charge in [-0.3, -0.25) is 4.79 Å². The quantitative estimate of drug-likeness (QED) is 0.905. The Labute approximate surface area is 135 Å². The second kappa shape index (κ2) is 7.77. The highest BCUT2D eigenvalue weighted by Crippen LogP contribution is 2.22. The van der Waals surface area contributed by atoms with E-state index in [9.17, 15) is 4.79 Å². The van der Waals surface area contributed by atoms with Crippen molar-refractivity contribution in [1.82, 2.24) is 10.2 Å².